The van der Waals surface area contributed by atoms with E-state index in [4.69, 9.17) is 0 Å². The Morgan fingerprint density at radius 3 is 2.29 bits per heavy atom. The third kappa shape index (κ3) is 3.75. The Balaban J connectivity index is 0.000000706. The standard InChI is InChI=1S/C17H17N.C2H6.CH4/c1-2-16(13-6-4-3-5-7-13)14-8-9-17-15(12-14)10-11-18-17;1-2;/h3-12,16,18H,2H2,1H3;1-2H3;1H4. The molecule has 0 saturated carbocycles. The summed E-state index contributed by atoms with van der Waals surface area (Å²) in [5.74, 6) is 0.491. The smallest absolute Gasteiger partial charge is 0.0454 e. The second kappa shape index (κ2) is 8.31. The quantitative estimate of drug-likeness (QED) is 0.574. The fourth-order valence-corrected chi connectivity index (χ4v) is 2.64. The van der Waals surface area contributed by atoms with Crippen molar-refractivity contribution >= 4 is 10.9 Å². The minimum absolute atomic E-state index is 0. The van der Waals surface area contributed by atoms with Crippen molar-refractivity contribution in [2.45, 2.75) is 40.5 Å². The molecule has 0 bridgehead atoms. The molecule has 0 aliphatic carbocycles. The van der Waals surface area contributed by atoms with Crippen molar-refractivity contribution in [2.24, 2.45) is 0 Å². The van der Waals surface area contributed by atoms with Crippen LogP contribution in [0.3, 0.4) is 0 Å². The van der Waals surface area contributed by atoms with Gasteiger partial charge in [-0.1, -0.05) is 64.6 Å². The second-order valence-electron chi connectivity index (χ2n) is 4.70. The summed E-state index contributed by atoms with van der Waals surface area (Å²) in [5.41, 5.74) is 4.01. The molecule has 1 heteroatoms. The first-order valence-electron chi connectivity index (χ1n) is 7.50. The molecule has 0 aliphatic heterocycles. The Morgan fingerprint density at radius 1 is 0.905 bits per heavy atom. The predicted molar refractivity (Wildman–Crippen MR) is 95.0 cm³/mol. The Labute approximate surface area is 129 Å². The first-order chi connectivity index (χ1) is 9.88. The predicted octanol–water partition coefficient (Wildman–Crippen LogP) is 6.37. The van der Waals surface area contributed by atoms with Crippen LogP contribution in [-0.4, -0.2) is 4.98 Å². The second-order valence-corrected chi connectivity index (χ2v) is 4.70. The number of aromatic nitrogens is 1. The molecule has 2 aromatic carbocycles. The van der Waals surface area contributed by atoms with Crippen LogP contribution in [0.2, 0.25) is 0 Å². The monoisotopic (exact) mass is 281 g/mol. The molecule has 0 saturated heterocycles. The van der Waals surface area contributed by atoms with E-state index in [1.165, 1.54) is 22.0 Å². The van der Waals surface area contributed by atoms with E-state index >= 15 is 0 Å². The van der Waals surface area contributed by atoms with Gasteiger partial charge in [0.2, 0.25) is 0 Å². The number of hydrogen-bond donors (Lipinski definition) is 1. The molecule has 0 radical (unpaired) electrons. The van der Waals surface area contributed by atoms with Crippen LogP contribution in [0.5, 0.6) is 0 Å². The van der Waals surface area contributed by atoms with Gasteiger partial charge in [-0.3, -0.25) is 0 Å². The summed E-state index contributed by atoms with van der Waals surface area (Å²) in [6.45, 7) is 6.25. The summed E-state index contributed by atoms with van der Waals surface area (Å²) in [6, 6.07) is 19.6. The Bertz CT molecular complexity index is 637. The Morgan fingerprint density at radius 2 is 1.62 bits per heavy atom. The van der Waals surface area contributed by atoms with Crippen LogP contribution in [0.1, 0.15) is 51.7 Å². The molecule has 0 aliphatic rings. The SMILES string of the molecule is C.CC.CCC(c1ccccc1)c1ccc2[nH]ccc2c1. The number of rotatable bonds is 3. The molecule has 0 fully saturated rings. The fourth-order valence-electron chi connectivity index (χ4n) is 2.64. The first-order valence-corrected chi connectivity index (χ1v) is 7.50. The third-order valence-electron chi connectivity index (χ3n) is 3.59. The highest BCUT2D eigenvalue weighted by Gasteiger charge is 2.12. The molecule has 3 aromatic rings. The van der Waals surface area contributed by atoms with E-state index in [2.05, 4.69) is 66.5 Å². The van der Waals surface area contributed by atoms with Gasteiger partial charge in [0.15, 0.2) is 0 Å². The lowest BCUT2D eigenvalue weighted by Crippen LogP contribution is -1.99. The van der Waals surface area contributed by atoms with Gasteiger partial charge >= 0.3 is 0 Å². The van der Waals surface area contributed by atoms with Crippen molar-refractivity contribution in [1.29, 1.82) is 0 Å². The molecule has 0 amide bonds. The summed E-state index contributed by atoms with van der Waals surface area (Å²) in [7, 11) is 0. The fraction of sp³-hybridized carbons (Fsp3) is 0.300. The van der Waals surface area contributed by atoms with Crippen LogP contribution in [0.4, 0.5) is 0 Å². The highest BCUT2D eigenvalue weighted by molar-refractivity contribution is 5.80. The highest BCUT2D eigenvalue weighted by atomic mass is 14.7. The molecule has 1 nitrogen and oxygen atoms in total. The van der Waals surface area contributed by atoms with E-state index in [0.717, 1.165) is 6.42 Å². The number of hydrogen-bond acceptors (Lipinski definition) is 0. The van der Waals surface area contributed by atoms with Gasteiger partial charge in [0, 0.05) is 17.6 Å². The molecule has 1 unspecified atom stereocenters. The molecule has 21 heavy (non-hydrogen) atoms. The van der Waals surface area contributed by atoms with E-state index in [0.29, 0.717) is 5.92 Å². The molecular formula is C20H27N. The Hall–Kier alpha value is -2.02. The lowest BCUT2D eigenvalue weighted by Gasteiger charge is -2.16. The van der Waals surface area contributed by atoms with Gasteiger partial charge in [-0.2, -0.15) is 0 Å². The Kier molecular flexibility index (Phi) is 6.74. The van der Waals surface area contributed by atoms with E-state index in [1.54, 1.807) is 0 Å². The van der Waals surface area contributed by atoms with E-state index in [9.17, 15) is 0 Å². The van der Waals surface area contributed by atoms with Crippen LogP contribution in [0.15, 0.2) is 60.8 Å². The average Bonchev–Trinajstić information content (AvgIpc) is 2.99. The molecule has 1 aromatic heterocycles. The minimum atomic E-state index is 0. The maximum atomic E-state index is 3.24. The van der Waals surface area contributed by atoms with Gasteiger partial charge in [-0.25, -0.2) is 0 Å². The zero-order valence-electron chi connectivity index (χ0n) is 12.6. The average molecular weight is 281 g/mol. The van der Waals surface area contributed by atoms with E-state index in [1.807, 2.05) is 20.0 Å². The number of benzene rings is 2. The molecular weight excluding hydrogens is 254 g/mol. The summed E-state index contributed by atoms with van der Waals surface area (Å²) < 4.78 is 0. The summed E-state index contributed by atoms with van der Waals surface area (Å²) in [5, 5.41) is 1.29. The maximum absolute atomic E-state index is 3.24. The maximum Gasteiger partial charge on any atom is 0.0454 e. The zero-order valence-corrected chi connectivity index (χ0v) is 12.6. The van der Waals surface area contributed by atoms with Gasteiger partial charge < -0.3 is 4.98 Å². The first kappa shape index (κ1) is 17.0. The summed E-state index contributed by atoms with van der Waals surface area (Å²) in [6.07, 6.45) is 3.12. The van der Waals surface area contributed by atoms with Crippen molar-refractivity contribution in [3.63, 3.8) is 0 Å². The van der Waals surface area contributed by atoms with Crippen LogP contribution >= 0.6 is 0 Å². The van der Waals surface area contributed by atoms with Crippen LogP contribution in [0, 0.1) is 0 Å². The van der Waals surface area contributed by atoms with Gasteiger partial charge in [-0.15, -0.1) is 0 Å². The van der Waals surface area contributed by atoms with Gasteiger partial charge in [0.05, 0.1) is 0 Å². The molecule has 1 N–H and O–H groups in total. The largest absolute Gasteiger partial charge is 0.361 e. The number of aromatic amines is 1. The normalized spacial score (nSPS) is 11.2. The molecule has 1 atom stereocenters. The molecule has 1 heterocycles. The molecule has 0 spiro atoms. The highest BCUT2D eigenvalue weighted by Crippen LogP contribution is 2.29. The number of nitrogens with one attached hydrogen (secondary N) is 1. The van der Waals surface area contributed by atoms with Crippen LogP contribution < -0.4 is 0 Å². The van der Waals surface area contributed by atoms with Gasteiger partial charge in [0.25, 0.3) is 0 Å². The van der Waals surface area contributed by atoms with Crippen LogP contribution in [-0.2, 0) is 0 Å². The zero-order chi connectivity index (χ0) is 14.4. The van der Waals surface area contributed by atoms with Crippen molar-refractivity contribution in [1.82, 2.24) is 4.98 Å². The summed E-state index contributed by atoms with van der Waals surface area (Å²) in [4.78, 5) is 3.24. The minimum Gasteiger partial charge on any atom is -0.361 e. The third-order valence-corrected chi connectivity index (χ3v) is 3.59. The molecule has 3 rings (SSSR count). The van der Waals surface area contributed by atoms with Gasteiger partial charge in [0.1, 0.15) is 0 Å². The van der Waals surface area contributed by atoms with Crippen molar-refractivity contribution < 1.29 is 0 Å². The van der Waals surface area contributed by atoms with Crippen LogP contribution in [0.25, 0.3) is 10.9 Å². The number of H-pyrrole nitrogens is 1. The lowest BCUT2D eigenvalue weighted by atomic mass is 9.89. The van der Waals surface area contributed by atoms with Gasteiger partial charge in [-0.05, 0) is 41.1 Å². The van der Waals surface area contributed by atoms with Crippen molar-refractivity contribution in [3.05, 3.63) is 71.9 Å². The van der Waals surface area contributed by atoms with E-state index < -0.39 is 0 Å². The van der Waals surface area contributed by atoms with Crippen molar-refractivity contribution in [3.8, 4) is 0 Å². The van der Waals surface area contributed by atoms with E-state index in [-0.39, 0.29) is 7.43 Å². The number of fused-ring (bicyclic) bond motifs is 1. The van der Waals surface area contributed by atoms with Crippen molar-refractivity contribution in [2.75, 3.05) is 0 Å². The lowest BCUT2D eigenvalue weighted by molar-refractivity contribution is 0.778. The molecule has 112 valence electrons. The summed E-state index contributed by atoms with van der Waals surface area (Å²) >= 11 is 0. The topological polar surface area (TPSA) is 15.8 Å².